The number of hydrogen-bond acceptors (Lipinski definition) is 6. The maximum atomic E-state index is 12.5. The molecule has 138 valence electrons. The molecule has 4 rings (SSSR count). The summed E-state index contributed by atoms with van der Waals surface area (Å²) >= 11 is 1.37. The molecule has 7 nitrogen and oxygen atoms in total. The van der Waals surface area contributed by atoms with Gasteiger partial charge in [0.2, 0.25) is 11.1 Å². The molecule has 1 heterocycles. The van der Waals surface area contributed by atoms with E-state index < -0.39 is 0 Å². The van der Waals surface area contributed by atoms with E-state index in [1.165, 1.54) is 11.8 Å². The number of para-hydroxylation sites is 1. The summed E-state index contributed by atoms with van der Waals surface area (Å²) in [6.45, 7) is 1.85. The predicted octanol–water partition coefficient (Wildman–Crippen LogP) is 3.92. The fraction of sp³-hybridized carbons (Fsp3) is 0.263. The lowest BCUT2D eigenvalue weighted by Crippen LogP contribution is -2.22. The van der Waals surface area contributed by atoms with E-state index in [-0.39, 0.29) is 11.2 Å². The van der Waals surface area contributed by atoms with Crippen LogP contribution >= 0.6 is 11.8 Å². The number of anilines is 1. The first-order chi connectivity index (χ1) is 13.2. The molecule has 1 unspecified atom stereocenters. The number of thioether (sulfide) groups is 1. The van der Waals surface area contributed by atoms with Crippen LogP contribution in [0, 0.1) is 0 Å². The van der Waals surface area contributed by atoms with Crippen LogP contribution in [-0.2, 0) is 4.79 Å². The summed E-state index contributed by atoms with van der Waals surface area (Å²) < 4.78 is 7.57. The number of aromatic nitrogens is 4. The van der Waals surface area contributed by atoms with Gasteiger partial charge >= 0.3 is 0 Å². The number of hydrogen-bond donors (Lipinski definition) is 1. The summed E-state index contributed by atoms with van der Waals surface area (Å²) in [6.07, 6.45) is 2.19. The van der Waals surface area contributed by atoms with E-state index in [1.54, 1.807) is 0 Å². The summed E-state index contributed by atoms with van der Waals surface area (Å²) in [5.74, 6) is 1.39. The molecule has 1 amide bonds. The maximum Gasteiger partial charge on any atom is 0.237 e. The first kappa shape index (κ1) is 17.5. The Hall–Kier alpha value is -2.87. The van der Waals surface area contributed by atoms with Crippen molar-refractivity contribution < 1.29 is 9.53 Å². The van der Waals surface area contributed by atoms with E-state index in [2.05, 4.69) is 20.8 Å². The normalized spacial score (nSPS) is 14.6. The molecule has 1 aliphatic carbocycles. The number of nitrogens with one attached hydrogen (secondary N) is 1. The number of amides is 1. The van der Waals surface area contributed by atoms with Gasteiger partial charge in [-0.3, -0.25) is 4.79 Å². The van der Waals surface area contributed by atoms with Crippen molar-refractivity contribution in [2.75, 3.05) is 5.32 Å². The van der Waals surface area contributed by atoms with Crippen LogP contribution in [0.4, 0.5) is 5.69 Å². The van der Waals surface area contributed by atoms with Crippen molar-refractivity contribution in [3.8, 4) is 11.5 Å². The van der Waals surface area contributed by atoms with Gasteiger partial charge in [-0.05, 0) is 66.6 Å². The van der Waals surface area contributed by atoms with E-state index in [1.807, 2.05) is 66.2 Å². The minimum absolute atomic E-state index is 0.0953. The summed E-state index contributed by atoms with van der Waals surface area (Å²) in [6, 6.07) is 17.2. The molecule has 3 aromatic rings. The molecule has 1 aromatic heterocycles. The van der Waals surface area contributed by atoms with E-state index in [9.17, 15) is 4.79 Å². The molecule has 1 aliphatic rings. The lowest BCUT2D eigenvalue weighted by molar-refractivity contribution is -0.115. The van der Waals surface area contributed by atoms with Gasteiger partial charge in [-0.15, -0.1) is 5.10 Å². The number of benzene rings is 2. The lowest BCUT2D eigenvalue weighted by atomic mass is 10.3. The van der Waals surface area contributed by atoms with Crippen molar-refractivity contribution in [2.45, 2.75) is 36.2 Å². The highest BCUT2D eigenvalue weighted by atomic mass is 32.2. The highest BCUT2D eigenvalue weighted by Gasteiger charge is 2.29. The average Bonchev–Trinajstić information content (AvgIpc) is 3.43. The van der Waals surface area contributed by atoms with Crippen LogP contribution in [0.15, 0.2) is 59.8 Å². The monoisotopic (exact) mass is 381 g/mol. The van der Waals surface area contributed by atoms with Crippen LogP contribution in [0.2, 0.25) is 0 Å². The van der Waals surface area contributed by atoms with Crippen molar-refractivity contribution in [3.05, 3.63) is 54.6 Å². The number of rotatable bonds is 7. The summed E-state index contributed by atoms with van der Waals surface area (Å²) in [5, 5.41) is 15.0. The Morgan fingerprint density at radius 1 is 1.15 bits per heavy atom. The second-order valence-electron chi connectivity index (χ2n) is 6.33. The van der Waals surface area contributed by atoms with Gasteiger partial charge in [0.05, 0.1) is 11.3 Å². The molecule has 0 aliphatic heterocycles. The SMILES string of the molecule is CC(Sc1nnnn1C1CC1)C(=O)Nc1ccc(Oc2ccccc2)cc1. The van der Waals surface area contributed by atoms with Crippen molar-refractivity contribution in [1.82, 2.24) is 20.2 Å². The van der Waals surface area contributed by atoms with Gasteiger partial charge in [-0.1, -0.05) is 30.0 Å². The fourth-order valence-corrected chi connectivity index (χ4v) is 3.36. The van der Waals surface area contributed by atoms with E-state index in [0.717, 1.165) is 24.3 Å². The number of carbonyl (C=O) groups excluding carboxylic acids is 1. The van der Waals surface area contributed by atoms with Gasteiger partial charge in [0, 0.05) is 5.69 Å². The molecule has 0 saturated heterocycles. The van der Waals surface area contributed by atoms with Gasteiger partial charge in [-0.2, -0.15) is 0 Å². The van der Waals surface area contributed by atoms with Gasteiger partial charge in [0.15, 0.2) is 0 Å². The third-order valence-corrected chi connectivity index (χ3v) is 5.15. The Labute approximate surface area is 161 Å². The minimum atomic E-state index is -0.311. The van der Waals surface area contributed by atoms with Crippen LogP contribution in [0.3, 0.4) is 0 Å². The van der Waals surface area contributed by atoms with E-state index >= 15 is 0 Å². The zero-order valence-corrected chi connectivity index (χ0v) is 15.6. The summed E-state index contributed by atoms with van der Waals surface area (Å²) in [7, 11) is 0. The third kappa shape index (κ3) is 4.46. The number of tetrazole rings is 1. The maximum absolute atomic E-state index is 12.5. The Kier molecular flexibility index (Phi) is 5.06. The van der Waals surface area contributed by atoms with Crippen LogP contribution in [0.25, 0.3) is 0 Å². The van der Waals surface area contributed by atoms with Gasteiger partial charge in [-0.25, -0.2) is 4.68 Å². The molecular formula is C19H19N5O2S. The Morgan fingerprint density at radius 3 is 2.56 bits per heavy atom. The lowest BCUT2D eigenvalue weighted by Gasteiger charge is -2.12. The third-order valence-electron chi connectivity index (χ3n) is 4.11. The molecule has 1 fully saturated rings. The number of ether oxygens (including phenoxy) is 1. The number of carbonyl (C=O) groups is 1. The molecule has 0 spiro atoms. The molecule has 1 saturated carbocycles. The highest BCUT2D eigenvalue weighted by Crippen LogP contribution is 2.37. The fourth-order valence-electron chi connectivity index (χ4n) is 2.50. The molecule has 8 heteroatoms. The second-order valence-corrected chi connectivity index (χ2v) is 7.63. The number of nitrogens with zero attached hydrogens (tertiary/aromatic N) is 4. The Morgan fingerprint density at radius 2 is 1.85 bits per heavy atom. The standard InChI is InChI=1S/C19H19N5O2S/c1-13(27-19-21-22-23-24(19)15-9-10-15)18(25)20-14-7-11-17(12-8-14)26-16-5-3-2-4-6-16/h2-8,11-13,15H,9-10H2,1H3,(H,20,25). The van der Waals surface area contributed by atoms with Crippen molar-refractivity contribution >= 4 is 23.4 Å². The molecule has 27 heavy (non-hydrogen) atoms. The first-order valence-electron chi connectivity index (χ1n) is 8.77. The quantitative estimate of drug-likeness (QED) is 0.625. The van der Waals surface area contributed by atoms with Crippen LogP contribution in [0.5, 0.6) is 11.5 Å². The molecule has 2 aromatic carbocycles. The molecule has 0 radical (unpaired) electrons. The smallest absolute Gasteiger partial charge is 0.237 e. The van der Waals surface area contributed by atoms with Gasteiger partial charge in [0.1, 0.15) is 11.5 Å². The predicted molar refractivity (Wildman–Crippen MR) is 103 cm³/mol. The van der Waals surface area contributed by atoms with Crippen molar-refractivity contribution in [1.29, 1.82) is 0 Å². The molecule has 1 atom stereocenters. The van der Waals surface area contributed by atoms with Gasteiger partial charge in [0.25, 0.3) is 0 Å². The topological polar surface area (TPSA) is 81.9 Å². The Bertz CT molecular complexity index is 909. The van der Waals surface area contributed by atoms with Crippen LogP contribution < -0.4 is 10.1 Å². The zero-order chi connectivity index (χ0) is 18.6. The minimum Gasteiger partial charge on any atom is -0.457 e. The molecule has 1 N–H and O–H groups in total. The van der Waals surface area contributed by atoms with Crippen LogP contribution in [0.1, 0.15) is 25.8 Å². The van der Waals surface area contributed by atoms with E-state index in [0.29, 0.717) is 16.9 Å². The highest BCUT2D eigenvalue weighted by molar-refractivity contribution is 8.00. The summed E-state index contributed by atoms with van der Waals surface area (Å²) in [4.78, 5) is 12.5. The van der Waals surface area contributed by atoms with Crippen LogP contribution in [-0.4, -0.2) is 31.4 Å². The van der Waals surface area contributed by atoms with Crippen molar-refractivity contribution in [2.24, 2.45) is 0 Å². The second kappa shape index (κ2) is 7.79. The van der Waals surface area contributed by atoms with E-state index in [4.69, 9.17) is 4.74 Å². The average molecular weight is 381 g/mol. The van der Waals surface area contributed by atoms with Crippen molar-refractivity contribution in [3.63, 3.8) is 0 Å². The molecule has 0 bridgehead atoms. The van der Waals surface area contributed by atoms with Gasteiger partial charge < -0.3 is 10.1 Å². The first-order valence-corrected chi connectivity index (χ1v) is 9.65. The molecular weight excluding hydrogens is 362 g/mol. The zero-order valence-electron chi connectivity index (χ0n) is 14.8. The summed E-state index contributed by atoms with van der Waals surface area (Å²) in [5.41, 5.74) is 0.717. The largest absolute Gasteiger partial charge is 0.457 e. The Balaban J connectivity index is 1.34.